The Morgan fingerprint density at radius 3 is 2.50 bits per heavy atom. The number of hydrogen-bond donors (Lipinski definition) is 2. The summed E-state index contributed by atoms with van der Waals surface area (Å²) < 4.78 is 0. The molecule has 0 atom stereocenters. The molecule has 0 aliphatic carbocycles. The van der Waals surface area contributed by atoms with Gasteiger partial charge in [-0.25, -0.2) is 0 Å². The number of piperazine rings is 1. The second-order valence-corrected chi connectivity index (χ2v) is 4.64. The maximum atomic E-state index is 6.12. The van der Waals surface area contributed by atoms with Crippen molar-refractivity contribution in [2.45, 2.75) is 12.3 Å². The zero-order chi connectivity index (χ0) is 11.6. The van der Waals surface area contributed by atoms with Crippen LogP contribution < -0.4 is 11.5 Å². The van der Waals surface area contributed by atoms with E-state index in [0.29, 0.717) is 6.54 Å². The summed E-state index contributed by atoms with van der Waals surface area (Å²) in [4.78, 5) is 4.31. The Kier molecular flexibility index (Phi) is 3.25. The highest BCUT2D eigenvalue weighted by atomic mass is 15.4. The van der Waals surface area contributed by atoms with Crippen LogP contribution in [0, 0.1) is 0 Å². The Morgan fingerprint density at radius 2 is 1.88 bits per heavy atom. The summed E-state index contributed by atoms with van der Waals surface area (Å²) in [7, 11) is 2.05. The van der Waals surface area contributed by atoms with Crippen LogP contribution in [0.1, 0.15) is 5.56 Å². The van der Waals surface area contributed by atoms with Gasteiger partial charge in [-0.15, -0.1) is 0 Å². The van der Waals surface area contributed by atoms with Gasteiger partial charge in [-0.2, -0.15) is 0 Å². The van der Waals surface area contributed by atoms with Crippen molar-refractivity contribution in [2.24, 2.45) is 11.5 Å². The lowest BCUT2D eigenvalue weighted by Gasteiger charge is -2.45. The van der Waals surface area contributed by atoms with Crippen LogP contribution in [0.3, 0.4) is 0 Å². The first-order valence-corrected chi connectivity index (χ1v) is 5.63. The minimum atomic E-state index is -0.719. The second-order valence-electron chi connectivity index (χ2n) is 4.64. The Morgan fingerprint density at radius 1 is 1.19 bits per heavy atom. The Hall–Kier alpha value is -0.940. The van der Waals surface area contributed by atoms with Crippen molar-refractivity contribution in [3.63, 3.8) is 0 Å². The van der Waals surface area contributed by atoms with E-state index >= 15 is 0 Å². The second kappa shape index (κ2) is 4.51. The highest BCUT2D eigenvalue weighted by molar-refractivity contribution is 5.15. The molecule has 1 aromatic rings. The van der Waals surface area contributed by atoms with Crippen LogP contribution in [0.5, 0.6) is 0 Å². The number of nitrogens with two attached hydrogens (primary N) is 2. The molecule has 1 aromatic carbocycles. The summed E-state index contributed by atoms with van der Waals surface area (Å²) in [6, 6.07) is 10.3. The highest BCUT2D eigenvalue weighted by Crippen LogP contribution is 2.14. The first-order valence-electron chi connectivity index (χ1n) is 5.63. The van der Waals surface area contributed by atoms with E-state index in [1.165, 1.54) is 5.56 Å². The topological polar surface area (TPSA) is 58.5 Å². The van der Waals surface area contributed by atoms with Crippen molar-refractivity contribution >= 4 is 0 Å². The standard InChI is InChI=1S/C12H20N4/c1-15-7-8-16(12(13,14)10-15)9-11-5-3-2-4-6-11/h2-6H,7-10,13-14H2,1H3. The zero-order valence-corrected chi connectivity index (χ0v) is 9.76. The van der Waals surface area contributed by atoms with E-state index in [2.05, 4.69) is 21.9 Å². The van der Waals surface area contributed by atoms with E-state index in [1.54, 1.807) is 0 Å². The van der Waals surface area contributed by atoms with E-state index in [0.717, 1.165) is 19.6 Å². The zero-order valence-electron chi connectivity index (χ0n) is 9.76. The summed E-state index contributed by atoms with van der Waals surface area (Å²) in [5.74, 6) is -0.719. The van der Waals surface area contributed by atoms with Gasteiger partial charge in [-0.05, 0) is 12.6 Å². The smallest absolute Gasteiger partial charge is 0.134 e. The normalized spacial score (nSPS) is 22.2. The molecule has 1 aliphatic heterocycles. The summed E-state index contributed by atoms with van der Waals surface area (Å²) in [5, 5.41) is 0. The summed E-state index contributed by atoms with van der Waals surface area (Å²) in [5.41, 5.74) is 13.5. The van der Waals surface area contributed by atoms with Gasteiger partial charge in [-0.1, -0.05) is 30.3 Å². The molecule has 0 spiro atoms. The van der Waals surface area contributed by atoms with Crippen LogP contribution in [0.15, 0.2) is 30.3 Å². The van der Waals surface area contributed by atoms with Crippen molar-refractivity contribution in [2.75, 3.05) is 26.7 Å². The van der Waals surface area contributed by atoms with Crippen molar-refractivity contribution in [1.29, 1.82) is 0 Å². The van der Waals surface area contributed by atoms with E-state index in [9.17, 15) is 0 Å². The molecule has 4 heteroatoms. The van der Waals surface area contributed by atoms with Gasteiger partial charge in [0.25, 0.3) is 0 Å². The van der Waals surface area contributed by atoms with Gasteiger partial charge in [0.15, 0.2) is 0 Å². The molecule has 1 fully saturated rings. The molecule has 0 radical (unpaired) electrons. The van der Waals surface area contributed by atoms with Gasteiger partial charge in [-0.3, -0.25) is 16.4 Å². The number of benzene rings is 1. The van der Waals surface area contributed by atoms with Crippen LogP contribution in [0.25, 0.3) is 0 Å². The van der Waals surface area contributed by atoms with E-state index in [4.69, 9.17) is 11.5 Å². The average Bonchev–Trinajstić information content (AvgIpc) is 2.23. The first kappa shape index (κ1) is 11.5. The van der Waals surface area contributed by atoms with Crippen molar-refractivity contribution in [3.05, 3.63) is 35.9 Å². The predicted molar refractivity (Wildman–Crippen MR) is 65.5 cm³/mol. The number of nitrogens with zero attached hydrogens (tertiary/aromatic N) is 2. The third-order valence-electron chi connectivity index (χ3n) is 3.08. The van der Waals surface area contributed by atoms with E-state index in [-0.39, 0.29) is 0 Å². The lowest BCUT2D eigenvalue weighted by atomic mass is 10.1. The van der Waals surface area contributed by atoms with Crippen LogP contribution in [-0.2, 0) is 6.54 Å². The molecule has 1 aliphatic rings. The number of rotatable bonds is 2. The van der Waals surface area contributed by atoms with Gasteiger partial charge in [0.05, 0.1) is 0 Å². The molecule has 4 N–H and O–H groups in total. The Balaban J connectivity index is 2.05. The Labute approximate surface area is 96.8 Å². The molecular formula is C12H20N4. The van der Waals surface area contributed by atoms with Gasteiger partial charge >= 0.3 is 0 Å². The molecule has 0 saturated carbocycles. The molecule has 1 heterocycles. The number of likely N-dealkylation sites (N-methyl/N-ethyl adjacent to an activating group) is 1. The van der Waals surface area contributed by atoms with Crippen molar-refractivity contribution in [1.82, 2.24) is 9.80 Å². The summed E-state index contributed by atoms with van der Waals surface area (Å²) in [6.07, 6.45) is 0. The molecule has 0 aromatic heterocycles. The quantitative estimate of drug-likeness (QED) is 0.689. The van der Waals surface area contributed by atoms with Crippen LogP contribution in [0.2, 0.25) is 0 Å². The Bertz CT molecular complexity index is 336. The monoisotopic (exact) mass is 220 g/mol. The van der Waals surface area contributed by atoms with Gasteiger partial charge < -0.3 is 4.90 Å². The molecular weight excluding hydrogens is 200 g/mol. The van der Waals surface area contributed by atoms with Gasteiger partial charge in [0, 0.05) is 26.2 Å². The predicted octanol–water partition coefficient (Wildman–Crippen LogP) is 0.00520. The fraction of sp³-hybridized carbons (Fsp3) is 0.500. The van der Waals surface area contributed by atoms with Crippen LogP contribution in [0.4, 0.5) is 0 Å². The lowest BCUT2D eigenvalue weighted by Crippen LogP contribution is -2.71. The summed E-state index contributed by atoms with van der Waals surface area (Å²) in [6.45, 7) is 3.46. The average molecular weight is 220 g/mol. The molecule has 88 valence electrons. The SMILES string of the molecule is CN1CCN(Cc2ccccc2)C(N)(N)C1. The third kappa shape index (κ3) is 2.59. The van der Waals surface area contributed by atoms with Crippen LogP contribution >= 0.6 is 0 Å². The maximum absolute atomic E-state index is 6.12. The van der Waals surface area contributed by atoms with Gasteiger partial charge in [0.2, 0.25) is 0 Å². The van der Waals surface area contributed by atoms with E-state index < -0.39 is 5.79 Å². The van der Waals surface area contributed by atoms with Crippen LogP contribution in [-0.4, -0.2) is 42.3 Å². The minimum Gasteiger partial charge on any atom is -0.301 e. The summed E-state index contributed by atoms with van der Waals surface area (Å²) >= 11 is 0. The molecule has 16 heavy (non-hydrogen) atoms. The molecule has 0 unspecified atom stereocenters. The first-order chi connectivity index (χ1) is 7.58. The van der Waals surface area contributed by atoms with Crippen molar-refractivity contribution in [3.8, 4) is 0 Å². The fourth-order valence-electron chi connectivity index (χ4n) is 2.14. The molecule has 0 amide bonds. The minimum absolute atomic E-state index is 0.708. The molecule has 4 nitrogen and oxygen atoms in total. The molecule has 2 rings (SSSR count). The third-order valence-corrected chi connectivity index (χ3v) is 3.08. The van der Waals surface area contributed by atoms with Gasteiger partial charge in [0.1, 0.15) is 5.79 Å². The highest BCUT2D eigenvalue weighted by Gasteiger charge is 2.33. The lowest BCUT2D eigenvalue weighted by molar-refractivity contribution is 0.00832. The van der Waals surface area contributed by atoms with E-state index in [1.807, 2.05) is 25.2 Å². The van der Waals surface area contributed by atoms with Crippen molar-refractivity contribution < 1.29 is 0 Å². The molecule has 1 saturated heterocycles. The largest absolute Gasteiger partial charge is 0.301 e. The maximum Gasteiger partial charge on any atom is 0.134 e. The fourth-order valence-corrected chi connectivity index (χ4v) is 2.14. The number of hydrogen-bond acceptors (Lipinski definition) is 4. The molecule has 0 bridgehead atoms.